The monoisotopic (exact) mass is 239 g/mol. The fraction of sp³-hybridized carbons (Fsp3) is 0.833. The first-order valence-electron chi connectivity index (χ1n) is 6.22. The second-order valence-corrected chi connectivity index (χ2v) is 5.25. The van der Waals surface area contributed by atoms with Gasteiger partial charge in [0, 0.05) is 31.9 Å². The zero-order chi connectivity index (χ0) is 12.5. The maximum atomic E-state index is 10.6. The van der Waals surface area contributed by atoms with E-state index in [1.807, 2.05) is 11.6 Å². The van der Waals surface area contributed by atoms with Gasteiger partial charge in [0.1, 0.15) is 12.2 Å². The van der Waals surface area contributed by atoms with E-state index >= 15 is 0 Å². The van der Waals surface area contributed by atoms with Gasteiger partial charge in [-0.1, -0.05) is 0 Å². The van der Waals surface area contributed by atoms with Gasteiger partial charge < -0.3 is 9.84 Å². The Bertz CT molecular complexity index is 378. The van der Waals surface area contributed by atoms with Crippen molar-refractivity contribution in [1.29, 1.82) is 0 Å². The molecule has 1 saturated heterocycles. The van der Waals surface area contributed by atoms with Crippen molar-refractivity contribution in [2.24, 2.45) is 0 Å². The van der Waals surface area contributed by atoms with E-state index in [0.29, 0.717) is 25.9 Å². The minimum Gasteiger partial charge on any atom is -0.389 e. The Morgan fingerprint density at radius 3 is 3.06 bits per heavy atom. The molecule has 1 aromatic rings. The van der Waals surface area contributed by atoms with Gasteiger partial charge in [-0.05, 0) is 20.8 Å². The molecule has 5 nitrogen and oxygen atoms in total. The molecule has 2 heterocycles. The Labute approximate surface area is 102 Å². The van der Waals surface area contributed by atoms with Crippen molar-refractivity contribution < 1.29 is 9.84 Å². The number of ether oxygens (including phenoxy) is 1. The second-order valence-electron chi connectivity index (χ2n) is 5.25. The van der Waals surface area contributed by atoms with Crippen LogP contribution in [0.4, 0.5) is 0 Å². The molecule has 1 N–H and O–H groups in total. The molecule has 0 saturated carbocycles. The number of aromatic nitrogens is 3. The molecule has 17 heavy (non-hydrogen) atoms. The predicted molar refractivity (Wildman–Crippen MR) is 63.7 cm³/mol. The summed E-state index contributed by atoms with van der Waals surface area (Å²) in [5.74, 6) is 0.858. The molecular weight excluding hydrogens is 218 g/mol. The van der Waals surface area contributed by atoms with Crippen LogP contribution < -0.4 is 0 Å². The molecular formula is C12H21N3O2. The largest absolute Gasteiger partial charge is 0.389 e. The third kappa shape index (κ3) is 2.84. The van der Waals surface area contributed by atoms with E-state index in [1.54, 1.807) is 6.33 Å². The second kappa shape index (κ2) is 4.74. The van der Waals surface area contributed by atoms with Crippen molar-refractivity contribution in [3.05, 3.63) is 12.2 Å². The van der Waals surface area contributed by atoms with E-state index in [1.165, 1.54) is 0 Å². The SMILES string of the molecule is CC1CC(O)(Cc2ncnn2C(C)C)CCO1. The summed E-state index contributed by atoms with van der Waals surface area (Å²) in [6, 6.07) is 0.272. The maximum absolute atomic E-state index is 10.6. The van der Waals surface area contributed by atoms with Crippen molar-refractivity contribution in [1.82, 2.24) is 14.8 Å². The van der Waals surface area contributed by atoms with E-state index in [9.17, 15) is 5.11 Å². The summed E-state index contributed by atoms with van der Waals surface area (Å²) < 4.78 is 7.34. The van der Waals surface area contributed by atoms with Gasteiger partial charge in [0.15, 0.2) is 0 Å². The fourth-order valence-electron chi connectivity index (χ4n) is 2.43. The molecule has 1 fully saturated rings. The number of hydrogen-bond donors (Lipinski definition) is 1. The quantitative estimate of drug-likeness (QED) is 0.864. The Morgan fingerprint density at radius 2 is 2.41 bits per heavy atom. The zero-order valence-electron chi connectivity index (χ0n) is 10.8. The summed E-state index contributed by atoms with van der Waals surface area (Å²) >= 11 is 0. The van der Waals surface area contributed by atoms with Crippen LogP contribution in [0.1, 0.15) is 45.5 Å². The smallest absolute Gasteiger partial charge is 0.138 e. The first-order chi connectivity index (χ1) is 8.00. The van der Waals surface area contributed by atoms with Crippen LogP contribution in [0.3, 0.4) is 0 Å². The lowest BCUT2D eigenvalue weighted by Crippen LogP contribution is -2.42. The predicted octanol–water partition coefficient (Wildman–Crippen LogP) is 1.33. The molecule has 1 aliphatic rings. The number of aliphatic hydroxyl groups is 1. The molecule has 96 valence electrons. The van der Waals surface area contributed by atoms with Crippen LogP contribution in [0.5, 0.6) is 0 Å². The summed E-state index contributed by atoms with van der Waals surface area (Å²) in [6.45, 7) is 6.74. The standard InChI is InChI=1S/C12H21N3O2/c1-9(2)15-11(13-8-14-15)7-12(16)4-5-17-10(3)6-12/h8-10,16H,4-7H2,1-3H3. The van der Waals surface area contributed by atoms with Gasteiger partial charge >= 0.3 is 0 Å². The molecule has 0 spiro atoms. The number of rotatable bonds is 3. The van der Waals surface area contributed by atoms with Gasteiger partial charge in [0.05, 0.1) is 11.7 Å². The average molecular weight is 239 g/mol. The van der Waals surface area contributed by atoms with Crippen LogP contribution in [-0.4, -0.2) is 38.2 Å². The van der Waals surface area contributed by atoms with Crippen LogP contribution >= 0.6 is 0 Å². The van der Waals surface area contributed by atoms with Crippen LogP contribution in [0.15, 0.2) is 6.33 Å². The zero-order valence-corrected chi connectivity index (χ0v) is 10.8. The van der Waals surface area contributed by atoms with E-state index in [4.69, 9.17) is 4.74 Å². The lowest BCUT2D eigenvalue weighted by atomic mass is 9.87. The van der Waals surface area contributed by atoms with Crippen molar-refractivity contribution >= 4 is 0 Å². The highest BCUT2D eigenvalue weighted by molar-refractivity contribution is 4.97. The Balaban J connectivity index is 2.11. The van der Waals surface area contributed by atoms with E-state index in [2.05, 4.69) is 23.9 Å². The van der Waals surface area contributed by atoms with E-state index in [-0.39, 0.29) is 12.1 Å². The third-order valence-corrected chi connectivity index (χ3v) is 3.26. The number of nitrogens with zero attached hydrogens (tertiary/aromatic N) is 3. The van der Waals surface area contributed by atoms with Crippen LogP contribution in [0, 0.1) is 0 Å². The first kappa shape index (κ1) is 12.5. The highest BCUT2D eigenvalue weighted by Crippen LogP contribution is 2.28. The Morgan fingerprint density at radius 1 is 1.65 bits per heavy atom. The summed E-state index contributed by atoms with van der Waals surface area (Å²) in [6.07, 6.45) is 3.56. The van der Waals surface area contributed by atoms with Gasteiger partial charge in [-0.2, -0.15) is 5.10 Å². The molecule has 1 aromatic heterocycles. The lowest BCUT2D eigenvalue weighted by Gasteiger charge is -2.35. The van der Waals surface area contributed by atoms with Gasteiger partial charge in [0.25, 0.3) is 0 Å². The summed E-state index contributed by atoms with van der Waals surface area (Å²) in [5.41, 5.74) is -0.697. The molecule has 2 atom stereocenters. The normalized spacial score (nSPS) is 29.8. The van der Waals surface area contributed by atoms with Crippen molar-refractivity contribution in [3.63, 3.8) is 0 Å². The van der Waals surface area contributed by atoms with Gasteiger partial charge in [0.2, 0.25) is 0 Å². The summed E-state index contributed by atoms with van der Waals surface area (Å²) in [4.78, 5) is 4.25. The van der Waals surface area contributed by atoms with E-state index < -0.39 is 5.60 Å². The molecule has 0 aliphatic carbocycles. The maximum Gasteiger partial charge on any atom is 0.138 e. The summed E-state index contributed by atoms with van der Waals surface area (Å²) in [7, 11) is 0. The van der Waals surface area contributed by atoms with Gasteiger partial charge in [-0.3, -0.25) is 0 Å². The molecule has 5 heteroatoms. The summed E-state index contributed by atoms with van der Waals surface area (Å²) in [5, 5.41) is 14.8. The van der Waals surface area contributed by atoms with Crippen LogP contribution in [0.25, 0.3) is 0 Å². The molecule has 0 aromatic carbocycles. The molecule has 2 rings (SSSR count). The van der Waals surface area contributed by atoms with Crippen LogP contribution in [0.2, 0.25) is 0 Å². The molecule has 1 aliphatic heterocycles. The van der Waals surface area contributed by atoms with E-state index in [0.717, 1.165) is 5.82 Å². The average Bonchev–Trinajstić information content (AvgIpc) is 2.64. The molecule has 2 unspecified atom stereocenters. The first-order valence-corrected chi connectivity index (χ1v) is 6.22. The van der Waals surface area contributed by atoms with Gasteiger partial charge in [-0.25, -0.2) is 9.67 Å². The van der Waals surface area contributed by atoms with Crippen molar-refractivity contribution in [2.75, 3.05) is 6.61 Å². The minimum atomic E-state index is -0.697. The van der Waals surface area contributed by atoms with Crippen LogP contribution in [-0.2, 0) is 11.2 Å². The molecule has 0 radical (unpaired) electrons. The Kier molecular flexibility index (Phi) is 3.49. The highest BCUT2D eigenvalue weighted by atomic mass is 16.5. The molecule has 0 amide bonds. The van der Waals surface area contributed by atoms with Crippen molar-refractivity contribution in [2.45, 2.75) is 57.8 Å². The Hall–Kier alpha value is -0.940. The minimum absolute atomic E-state index is 0.115. The third-order valence-electron chi connectivity index (χ3n) is 3.26. The highest BCUT2D eigenvalue weighted by Gasteiger charge is 2.35. The lowest BCUT2D eigenvalue weighted by molar-refractivity contribution is -0.0973. The number of hydrogen-bond acceptors (Lipinski definition) is 4. The molecule has 0 bridgehead atoms. The van der Waals surface area contributed by atoms with Crippen molar-refractivity contribution in [3.8, 4) is 0 Å². The fourth-order valence-corrected chi connectivity index (χ4v) is 2.43. The topological polar surface area (TPSA) is 60.2 Å². The van der Waals surface area contributed by atoms with Gasteiger partial charge in [-0.15, -0.1) is 0 Å².